The molecule has 1 aliphatic rings. The second-order valence-electron chi connectivity index (χ2n) is 4.92. The van der Waals surface area contributed by atoms with Crippen LogP contribution in [0.4, 0.5) is 0 Å². The standard InChI is InChI=1S/C13H26N2O2.ClH/c1-3-4-9-17-10-13(16)15-8-6-5-7-12(15)11(2)14;/h11-12H,3-10,14H2,1-2H3;1H. The van der Waals surface area contributed by atoms with Crippen LogP contribution in [-0.4, -0.2) is 42.6 Å². The Bertz CT molecular complexity index is 237. The SMILES string of the molecule is CCCCOCC(=O)N1CCCCC1C(C)N.Cl. The first-order chi connectivity index (χ1) is 8.16. The molecule has 1 heterocycles. The van der Waals surface area contributed by atoms with Crippen molar-refractivity contribution in [2.24, 2.45) is 5.73 Å². The zero-order chi connectivity index (χ0) is 12.7. The first-order valence-electron chi connectivity index (χ1n) is 6.79. The van der Waals surface area contributed by atoms with Gasteiger partial charge in [0.05, 0.1) is 0 Å². The van der Waals surface area contributed by atoms with E-state index in [9.17, 15) is 4.79 Å². The summed E-state index contributed by atoms with van der Waals surface area (Å²) in [6.07, 6.45) is 5.40. The summed E-state index contributed by atoms with van der Waals surface area (Å²) in [7, 11) is 0. The molecule has 0 radical (unpaired) electrons. The van der Waals surface area contributed by atoms with Crippen LogP contribution in [0.2, 0.25) is 0 Å². The van der Waals surface area contributed by atoms with E-state index in [0.717, 1.165) is 32.2 Å². The number of hydrogen-bond acceptors (Lipinski definition) is 3. The number of ether oxygens (including phenoxy) is 1. The van der Waals surface area contributed by atoms with Crippen LogP contribution in [0, 0.1) is 0 Å². The molecule has 4 nitrogen and oxygen atoms in total. The maximum atomic E-state index is 12.0. The second kappa shape index (κ2) is 9.59. The number of hydrogen-bond donors (Lipinski definition) is 1. The van der Waals surface area contributed by atoms with Crippen molar-refractivity contribution in [2.45, 2.75) is 58.0 Å². The zero-order valence-electron chi connectivity index (χ0n) is 11.6. The number of carbonyl (C=O) groups is 1. The normalized spacial score (nSPS) is 21.3. The van der Waals surface area contributed by atoms with Gasteiger partial charge >= 0.3 is 0 Å². The maximum absolute atomic E-state index is 12.0. The van der Waals surface area contributed by atoms with E-state index < -0.39 is 0 Å². The van der Waals surface area contributed by atoms with Gasteiger partial charge in [-0.05, 0) is 32.6 Å². The number of amides is 1. The molecule has 2 unspecified atom stereocenters. The average Bonchev–Trinajstić information content (AvgIpc) is 2.34. The van der Waals surface area contributed by atoms with Crippen LogP contribution in [-0.2, 0) is 9.53 Å². The van der Waals surface area contributed by atoms with E-state index in [4.69, 9.17) is 10.5 Å². The van der Waals surface area contributed by atoms with Gasteiger partial charge in [0.2, 0.25) is 5.91 Å². The lowest BCUT2D eigenvalue weighted by Crippen LogP contribution is -2.52. The number of likely N-dealkylation sites (tertiary alicyclic amines) is 1. The van der Waals surface area contributed by atoms with Crippen molar-refractivity contribution < 1.29 is 9.53 Å². The van der Waals surface area contributed by atoms with E-state index >= 15 is 0 Å². The molecule has 1 amide bonds. The Balaban J connectivity index is 0.00000289. The molecule has 1 rings (SSSR count). The smallest absolute Gasteiger partial charge is 0.248 e. The first-order valence-corrected chi connectivity index (χ1v) is 6.79. The Morgan fingerprint density at radius 1 is 1.50 bits per heavy atom. The fraction of sp³-hybridized carbons (Fsp3) is 0.923. The molecule has 0 aromatic carbocycles. The van der Waals surface area contributed by atoms with Crippen molar-refractivity contribution in [1.82, 2.24) is 4.90 Å². The van der Waals surface area contributed by atoms with Crippen LogP contribution >= 0.6 is 12.4 Å². The monoisotopic (exact) mass is 278 g/mol. The van der Waals surface area contributed by atoms with Gasteiger partial charge in [0.25, 0.3) is 0 Å². The van der Waals surface area contributed by atoms with Crippen molar-refractivity contribution >= 4 is 18.3 Å². The summed E-state index contributed by atoms with van der Waals surface area (Å²) < 4.78 is 5.39. The summed E-state index contributed by atoms with van der Waals surface area (Å²) in [6, 6.07) is 0.251. The summed E-state index contributed by atoms with van der Waals surface area (Å²) >= 11 is 0. The molecule has 18 heavy (non-hydrogen) atoms. The van der Waals surface area contributed by atoms with Gasteiger partial charge in [-0.3, -0.25) is 4.79 Å². The molecule has 1 aliphatic heterocycles. The Labute approximate surface area is 117 Å². The summed E-state index contributed by atoms with van der Waals surface area (Å²) in [5, 5.41) is 0. The van der Waals surface area contributed by atoms with Crippen LogP contribution in [0.3, 0.4) is 0 Å². The maximum Gasteiger partial charge on any atom is 0.248 e. The van der Waals surface area contributed by atoms with Gasteiger partial charge in [-0.2, -0.15) is 0 Å². The van der Waals surface area contributed by atoms with E-state index in [1.807, 2.05) is 11.8 Å². The summed E-state index contributed by atoms with van der Waals surface area (Å²) in [4.78, 5) is 13.9. The van der Waals surface area contributed by atoms with Crippen LogP contribution < -0.4 is 5.73 Å². The average molecular weight is 279 g/mol. The molecule has 108 valence electrons. The van der Waals surface area contributed by atoms with Gasteiger partial charge in [-0.1, -0.05) is 13.3 Å². The molecule has 5 heteroatoms. The molecule has 1 fully saturated rings. The van der Waals surface area contributed by atoms with Crippen LogP contribution in [0.25, 0.3) is 0 Å². The highest BCUT2D eigenvalue weighted by molar-refractivity contribution is 5.85. The second-order valence-corrected chi connectivity index (χ2v) is 4.92. The Morgan fingerprint density at radius 2 is 2.22 bits per heavy atom. The Kier molecular flexibility index (Phi) is 9.42. The molecule has 2 atom stereocenters. The Morgan fingerprint density at radius 3 is 2.83 bits per heavy atom. The van der Waals surface area contributed by atoms with Gasteiger partial charge in [0.1, 0.15) is 6.61 Å². The molecule has 0 spiro atoms. The summed E-state index contributed by atoms with van der Waals surface area (Å²) in [5.41, 5.74) is 5.94. The molecule has 0 bridgehead atoms. The fourth-order valence-electron chi connectivity index (χ4n) is 2.30. The number of unbranched alkanes of at least 4 members (excludes halogenated alkanes) is 1. The quantitative estimate of drug-likeness (QED) is 0.756. The van der Waals surface area contributed by atoms with Gasteiger partial charge in [-0.25, -0.2) is 0 Å². The van der Waals surface area contributed by atoms with Crippen molar-refractivity contribution in [3.63, 3.8) is 0 Å². The summed E-state index contributed by atoms with van der Waals surface area (Å²) in [6.45, 7) is 5.82. The minimum Gasteiger partial charge on any atom is -0.372 e. The third-order valence-electron chi connectivity index (χ3n) is 3.34. The predicted molar refractivity (Wildman–Crippen MR) is 76.0 cm³/mol. The Hall–Kier alpha value is -0.320. The van der Waals surface area contributed by atoms with Gasteiger partial charge in [0.15, 0.2) is 0 Å². The zero-order valence-corrected chi connectivity index (χ0v) is 12.4. The van der Waals surface area contributed by atoms with Gasteiger partial charge in [-0.15, -0.1) is 12.4 Å². The lowest BCUT2D eigenvalue weighted by molar-refractivity contribution is -0.140. The van der Waals surface area contributed by atoms with E-state index in [1.165, 1.54) is 6.42 Å². The number of piperidine rings is 1. The lowest BCUT2D eigenvalue weighted by Gasteiger charge is -2.38. The van der Waals surface area contributed by atoms with E-state index in [2.05, 4.69) is 6.92 Å². The largest absolute Gasteiger partial charge is 0.372 e. The van der Waals surface area contributed by atoms with Gasteiger partial charge in [0, 0.05) is 25.2 Å². The molecule has 0 aliphatic carbocycles. The van der Waals surface area contributed by atoms with Gasteiger partial charge < -0.3 is 15.4 Å². The number of carbonyl (C=O) groups excluding carboxylic acids is 1. The number of nitrogens with two attached hydrogens (primary N) is 1. The van der Waals surface area contributed by atoms with Crippen LogP contribution in [0.1, 0.15) is 46.0 Å². The molecule has 0 aromatic heterocycles. The van der Waals surface area contributed by atoms with Crippen molar-refractivity contribution in [1.29, 1.82) is 0 Å². The summed E-state index contributed by atoms with van der Waals surface area (Å²) in [5.74, 6) is 0.100. The number of halogens is 1. The molecule has 1 saturated heterocycles. The third kappa shape index (κ3) is 5.55. The molecular formula is C13H27ClN2O2. The van der Waals surface area contributed by atoms with Crippen LogP contribution in [0.15, 0.2) is 0 Å². The number of rotatable bonds is 6. The number of nitrogens with zero attached hydrogens (tertiary/aromatic N) is 1. The van der Waals surface area contributed by atoms with Crippen molar-refractivity contribution in [3.05, 3.63) is 0 Å². The fourth-order valence-corrected chi connectivity index (χ4v) is 2.30. The van der Waals surface area contributed by atoms with Crippen molar-refractivity contribution in [2.75, 3.05) is 19.8 Å². The molecule has 0 aromatic rings. The van der Waals surface area contributed by atoms with E-state index in [-0.39, 0.29) is 37.0 Å². The highest BCUT2D eigenvalue weighted by Gasteiger charge is 2.28. The first kappa shape index (κ1) is 17.7. The molecule has 0 saturated carbocycles. The van der Waals surface area contributed by atoms with E-state index in [0.29, 0.717) is 6.61 Å². The predicted octanol–water partition coefficient (Wildman–Crippen LogP) is 1.95. The minimum absolute atomic E-state index is 0. The topological polar surface area (TPSA) is 55.6 Å². The van der Waals surface area contributed by atoms with E-state index in [1.54, 1.807) is 0 Å². The minimum atomic E-state index is 0. The highest BCUT2D eigenvalue weighted by Crippen LogP contribution is 2.19. The highest BCUT2D eigenvalue weighted by atomic mass is 35.5. The molecule has 2 N–H and O–H groups in total. The lowest BCUT2D eigenvalue weighted by atomic mass is 9.97. The molecular weight excluding hydrogens is 252 g/mol. The van der Waals surface area contributed by atoms with Crippen LogP contribution in [0.5, 0.6) is 0 Å². The van der Waals surface area contributed by atoms with Crippen molar-refractivity contribution in [3.8, 4) is 0 Å². The third-order valence-corrected chi connectivity index (χ3v) is 3.34.